The van der Waals surface area contributed by atoms with Gasteiger partial charge < -0.3 is 20.2 Å². The van der Waals surface area contributed by atoms with Crippen molar-refractivity contribution < 1.29 is 18.6 Å². The van der Waals surface area contributed by atoms with Gasteiger partial charge in [0.25, 0.3) is 0 Å². The highest BCUT2D eigenvalue weighted by Gasteiger charge is 2.16. The van der Waals surface area contributed by atoms with Gasteiger partial charge in [-0.1, -0.05) is 0 Å². The summed E-state index contributed by atoms with van der Waals surface area (Å²) < 4.78 is 30.9. The maximum Gasteiger partial charge on any atom is 0.306 e. The Morgan fingerprint density at radius 3 is 1.80 bits per heavy atom. The third-order valence-electron chi connectivity index (χ3n) is 7.83. The average Bonchev–Trinajstić information content (AvgIpc) is 3.56. The number of rotatable bonds is 4. The van der Waals surface area contributed by atoms with Crippen LogP contribution in [0.3, 0.4) is 0 Å². The van der Waals surface area contributed by atoms with E-state index >= 15 is 0 Å². The molecule has 14 nitrogen and oxygen atoms in total. The number of benzene rings is 2. The van der Waals surface area contributed by atoms with Crippen LogP contribution in [0.25, 0.3) is 43.9 Å². The van der Waals surface area contributed by atoms with Crippen molar-refractivity contribution >= 4 is 88.4 Å². The van der Waals surface area contributed by atoms with Crippen molar-refractivity contribution in [2.24, 2.45) is 14.1 Å². The highest BCUT2D eigenvalue weighted by Crippen LogP contribution is 2.30. The quantitative estimate of drug-likeness (QED) is 0.0769. The van der Waals surface area contributed by atoms with Crippen molar-refractivity contribution in [2.75, 3.05) is 11.1 Å². The normalized spacial score (nSPS) is 10.8. The molecule has 0 unspecified atom stereocenters. The zero-order valence-electron chi connectivity index (χ0n) is 26.7. The van der Waals surface area contributed by atoms with Gasteiger partial charge in [-0.15, -0.1) is 0 Å². The van der Waals surface area contributed by atoms with E-state index in [-0.39, 0.29) is 5.69 Å². The van der Waals surface area contributed by atoms with Gasteiger partial charge in [-0.25, -0.2) is 9.97 Å². The summed E-state index contributed by atoms with van der Waals surface area (Å²) in [6.45, 7) is 0. The van der Waals surface area contributed by atoms with Gasteiger partial charge in [-0.3, -0.25) is 30.2 Å². The summed E-state index contributed by atoms with van der Waals surface area (Å²) in [6.07, 6.45) is 7.19. The number of anilines is 3. The number of nitro benzene ring substituents is 2. The molecular weight excluding hydrogens is 730 g/mol. The van der Waals surface area contributed by atoms with E-state index in [1.54, 1.807) is 24.7 Å². The predicted octanol–water partition coefficient (Wildman–Crippen LogP) is 8.11. The molecule has 0 aliphatic carbocycles. The number of pyridine rings is 4. The molecule has 0 fully saturated rings. The van der Waals surface area contributed by atoms with Crippen LogP contribution < -0.4 is 11.1 Å². The third kappa shape index (κ3) is 6.95. The van der Waals surface area contributed by atoms with Crippen LogP contribution in [-0.2, 0) is 14.1 Å². The van der Waals surface area contributed by atoms with Gasteiger partial charge in [0.2, 0.25) is 11.6 Å². The minimum Gasteiger partial charge on any atom is -0.399 e. The van der Waals surface area contributed by atoms with Gasteiger partial charge in [0, 0.05) is 83.9 Å². The number of fused-ring (bicyclic) bond motifs is 6. The van der Waals surface area contributed by atoms with Gasteiger partial charge in [0.05, 0.1) is 20.9 Å². The number of hydrogen-bond donors (Lipinski definition) is 2. The van der Waals surface area contributed by atoms with E-state index in [0.717, 1.165) is 72.7 Å². The summed E-state index contributed by atoms with van der Waals surface area (Å²) in [6, 6.07) is 18.5. The number of nitro groups is 2. The first-order valence-corrected chi connectivity index (χ1v) is 15.7. The van der Waals surface area contributed by atoms with E-state index in [2.05, 4.69) is 51.8 Å². The van der Waals surface area contributed by atoms with Crippen molar-refractivity contribution in [1.82, 2.24) is 29.1 Å². The van der Waals surface area contributed by atoms with Crippen LogP contribution >= 0.6 is 15.9 Å². The number of halogens is 3. The molecule has 0 saturated heterocycles. The summed E-state index contributed by atoms with van der Waals surface area (Å²) in [7, 11) is 3.92. The Kier molecular flexibility index (Phi) is 9.46. The topological polar surface area (TPSA) is 186 Å². The second-order valence-electron chi connectivity index (χ2n) is 11.0. The first-order valence-electron chi connectivity index (χ1n) is 14.9. The lowest BCUT2D eigenvalue weighted by Crippen LogP contribution is -1.98. The number of nitrogens with one attached hydrogen (secondary N) is 1. The van der Waals surface area contributed by atoms with E-state index in [0.29, 0.717) is 11.5 Å². The van der Waals surface area contributed by atoms with Gasteiger partial charge in [-0.05, 0) is 76.6 Å². The van der Waals surface area contributed by atoms with Crippen molar-refractivity contribution in [2.45, 2.75) is 0 Å². The third-order valence-corrected chi connectivity index (χ3v) is 8.27. The van der Waals surface area contributed by atoms with E-state index in [1.807, 2.05) is 49.1 Å². The number of aromatic nitrogens is 6. The summed E-state index contributed by atoms with van der Waals surface area (Å²) in [4.78, 5) is 36.7. The molecule has 8 rings (SSSR count). The molecule has 0 spiro atoms. The zero-order chi connectivity index (χ0) is 36.4. The monoisotopic (exact) mass is 754 g/mol. The lowest BCUT2D eigenvalue weighted by Gasteiger charge is -2.06. The van der Waals surface area contributed by atoms with Crippen LogP contribution in [0, 0.1) is 31.9 Å². The molecule has 2 aromatic carbocycles. The molecule has 17 heteroatoms. The van der Waals surface area contributed by atoms with E-state index < -0.39 is 32.9 Å². The highest BCUT2D eigenvalue weighted by molar-refractivity contribution is 9.10. The molecule has 0 amide bonds. The van der Waals surface area contributed by atoms with Crippen molar-refractivity contribution in [1.29, 1.82) is 0 Å². The Morgan fingerprint density at radius 2 is 1.24 bits per heavy atom. The molecule has 0 atom stereocenters. The van der Waals surface area contributed by atoms with Crippen LogP contribution in [0.15, 0.2) is 102 Å². The van der Waals surface area contributed by atoms with Crippen LogP contribution in [0.1, 0.15) is 0 Å². The highest BCUT2D eigenvalue weighted by atomic mass is 79.9. The Balaban J connectivity index is 0.000000146. The molecule has 0 aliphatic rings. The molecule has 0 radical (unpaired) electrons. The molecule has 51 heavy (non-hydrogen) atoms. The smallest absolute Gasteiger partial charge is 0.306 e. The fourth-order valence-electron chi connectivity index (χ4n) is 5.43. The Labute approximate surface area is 294 Å². The number of hydrogen-bond acceptors (Lipinski definition) is 10. The maximum absolute atomic E-state index is 13.4. The van der Waals surface area contributed by atoms with Gasteiger partial charge in [-0.2, -0.15) is 8.78 Å². The number of nitrogens with two attached hydrogens (primary N) is 1. The molecule has 0 aliphatic heterocycles. The summed E-state index contributed by atoms with van der Waals surface area (Å²) in [5.74, 6) is -1.24. The van der Waals surface area contributed by atoms with Crippen LogP contribution in [-0.4, -0.2) is 38.9 Å². The standard InChI is InChI=1S/C17H12FN5O2.C11H8BrN3.C6H5FN2O2/c1-22-14-6-7-19-9-12(14)11-3-5-16(21-17(11)22)20-10-2-4-13(18)15(8-10)23(24)25;1-15-9-4-5-13-6-8(9)7-2-3-10(12)14-11(7)15;7-5-2-1-4(8)3-6(5)9(10)11/h2-9H,1H3,(H,20,21);2-6H,1H3;1-3H,8H2. The summed E-state index contributed by atoms with van der Waals surface area (Å²) in [5, 5.41) is 28.2. The average molecular weight is 756 g/mol. The van der Waals surface area contributed by atoms with Crippen molar-refractivity contribution in [3.63, 3.8) is 0 Å². The number of aryl methyl sites for hydroxylation is 2. The lowest BCUT2D eigenvalue weighted by molar-refractivity contribution is -0.387. The summed E-state index contributed by atoms with van der Waals surface area (Å²) in [5.41, 5.74) is 8.49. The van der Waals surface area contributed by atoms with E-state index in [4.69, 9.17) is 5.73 Å². The zero-order valence-corrected chi connectivity index (χ0v) is 28.2. The first-order chi connectivity index (χ1) is 24.4. The lowest BCUT2D eigenvalue weighted by atomic mass is 10.2. The second-order valence-corrected chi connectivity index (χ2v) is 11.8. The Bertz CT molecular complexity index is 2630. The number of nitrogens with zero attached hydrogens (tertiary/aromatic N) is 8. The molecule has 6 aromatic heterocycles. The molecule has 8 aromatic rings. The molecule has 0 bridgehead atoms. The fourth-order valence-corrected chi connectivity index (χ4v) is 5.73. The summed E-state index contributed by atoms with van der Waals surface area (Å²) >= 11 is 3.38. The molecule has 256 valence electrons. The minimum absolute atomic E-state index is 0.179. The second kappa shape index (κ2) is 14.1. The molecule has 6 heterocycles. The van der Waals surface area contributed by atoms with Crippen LogP contribution in [0.4, 0.5) is 37.3 Å². The predicted molar refractivity (Wildman–Crippen MR) is 194 cm³/mol. The maximum atomic E-state index is 13.4. The van der Waals surface area contributed by atoms with E-state index in [1.165, 1.54) is 12.1 Å². The minimum atomic E-state index is -0.875. The van der Waals surface area contributed by atoms with Crippen LogP contribution in [0.2, 0.25) is 0 Å². The fraction of sp³-hybridized carbons (Fsp3) is 0.0588. The largest absolute Gasteiger partial charge is 0.399 e. The van der Waals surface area contributed by atoms with E-state index in [9.17, 15) is 29.0 Å². The molecule has 3 N–H and O–H groups in total. The van der Waals surface area contributed by atoms with Gasteiger partial charge >= 0.3 is 11.4 Å². The first kappa shape index (κ1) is 34.3. The molecule has 0 saturated carbocycles. The Morgan fingerprint density at radius 1 is 0.706 bits per heavy atom. The van der Waals surface area contributed by atoms with Crippen molar-refractivity contribution in [3.8, 4) is 0 Å². The van der Waals surface area contributed by atoms with Gasteiger partial charge in [0.1, 0.15) is 21.7 Å². The SMILES string of the molecule is Cn1c2ccncc2c2ccc(Br)nc21.Cn1c2ccncc2c2ccc(Nc3ccc(F)c([N+](=O)[O-])c3)nc21.Nc1ccc(F)c([N+](=O)[O-])c1. The van der Waals surface area contributed by atoms with Gasteiger partial charge in [0.15, 0.2) is 0 Å². The van der Waals surface area contributed by atoms with Crippen molar-refractivity contribution in [3.05, 3.63) is 134 Å². The number of nitrogen functional groups attached to an aromatic ring is 1. The molecular formula is C34H25BrF2N10O4. The van der Waals surface area contributed by atoms with Crippen LogP contribution in [0.5, 0.6) is 0 Å². The Hall–Kier alpha value is -6.62.